The average molecular weight is 485 g/mol. The van der Waals surface area contributed by atoms with Gasteiger partial charge in [-0.25, -0.2) is 4.98 Å². The van der Waals surface area contributed by atoms with Crippen LogP contribution in [0.1, 0.15) is 0 Å². The fourth-order valence-electron chi connectivity index (χ4n) is 4.63. The van der Waals surface area contributed by atoms with Crippen LogP contribution in [0.15, 0.2) is 141 Å². The summed E-state index contributed by atoms with van der Waals surface area (Å²) in [5.41, 5.74) is 6.83. The minimum Gasteiger partial charge on any atom is -0.292 e. The van der Waals surface area contributed by atoms with Crippen molar-refractivity contribution < 1.29 is 0 Å². The van der Waals surface area contributed by atoms with Gasteiger partial charge in [-0.3, -0.25) is 4.57 Å². The van der Waals surface area contributed by atoms with Crippen molar-refractivity contribution in [1.82, 2.24) is 9.55 Å². The number of nitrogens with zero attached hydrogens (tertiary/aromatic N) is 2. The maximum absolute atomic E-state index is 5.01. The van der Waals surface area contributed by atoms with Crippen LogP contribution in [0.5, 0.6) is 0 Å². The molecule has 2 heterocycles. The van der Waals surface area contributed by atoms with Crippen LogP contribution in [0, 0.1) is 0 Å². The summed E-state index contributed by atoms with van der Waals surface area (Å²) in [6.45, 7) is 0. The summed E-state index contributed by atoms with van der Waals surface area (Å²) in [5, 5.41) is 0. The molecule has 5 aromatic carbocycles. The second-order valence-corrected chi connectivity index (χ2v) is 10.6. The van der Waals surface area contributed by atoms with Crippen molar-refractivity contribution in [2.75, 3.05) is 0 Å². The Balaban J connectivity index is 1.32. The normalized spacial score (nSPS) is 12.3. The second-order valence-electron chi connectivity index (χ2n) is 8.46. The van der Waals surface area contributed by atoms with E-state index in [4.69, 9.17) is 4.98 Å². The zero-order chi connectivity index (χ0) is 23.2. The van der Waals surface area contributed by atoms with Crippen molar-refractivity contribution in [3.63, 3.8) is 0 Å². The van der Waals surface area contributed by atoms with E-state index in [-0.39, 0.29) is 0 Å². The lowest BCUT2D eigenvalue weighted by Crippen LogP contribution is -1.97. The lowest BCUT2D eigenvalue weighted by atomic mass is 10.0. The number of benzene rings is 5. The number of hydrogen-bond donors (Lipinski definition) is 0. The third kappa shape index (κ3) is 3.57. The van der Waals surface area contributed by atoms with E-state index in [2.05, 4.69) is 114 Å². The second kappa shape index (κ2) is 8.49. The highest BCUT2D eigenvalue weighted by Crippen LogP contribution is 2.51. The fourth-order valence-corrected chi connectivity index (χ4v) is 7.03. The van der Waals surface area contributed by atoms with Gasteiger partial charge in [0.15, 0.2) is 0 Å². The fraction of sp³-hybridized carbons (Fsp3) is 0. The largest absolute Gasteiger partial charge is 0.292 e. The molecule has 0 unspecified atom stereocenters. The first-order valence-electron chi connectivity index (χ1n) is 11.6. The number of imidazole rings is 1. The Morgan fingerprint density at radius 3 is 2.00 bits per heavy atom. The van der Waals surface area contributed by atoms with E-state index in [9.17, 15) is 0 Å². The zero-order valence-electron chi connectivity index (χ0n) is 18.8. The van der Waals surface area contributed by atoms with Crippen LogP contribution in [-0.2, 0) is 0 Å². The van der Waals surface area contributed by atoms with Crippen LogP contribution < -0.4 is 0 Å². The molecule has 0 aliphatic carbocycles. The summed E-state index contributed by atoms with van der Waals surface area (Å²) in [5.74, 6) is 0.956. The Morgan fingerprint density at radius 2 is 1.17 bits per heavy atom. The van der Waals surface area contributed by atoms with Crippen LogP contribution in [0.3, 0.4) is 0 Å². The lowest BCUT2D eigenvalue weighted by molar-refractivity contribution is 1.10. The molecule has 35 heavy (non-hydrogen) atoms. The number of hydrogen-bond acceptors (Lipinski definition) is 3. The van der Waals surface area contributed by atoms with Crippen LogP contribution in [-0.4, -0.2) is 9.55 Å². The first kappa shape index (κ1) is 20.6. The van der Waals surface area contributed by atoms with Crippen molar-refractivity contribution in [1.29, 1.82) is 0 Å². The highest BCUT2D eigenvalue weighted by Gasteiger charge is 2.20. The molecule has 1 aliphatic rings. The summed E-state index contributed by atoms with van der Waals surface area (Å²) >= 11 is 3.73. The van der Waals surface area contributed by atoms with E-state index < -0.39 is 0 Å². The molecule has 166 valence electrons. The van der Waals surface area contributed by atoms with Crippen LogP contribution in [0.4, 0.5) is 0 Å². The molecule has 7 rings (SSSR count). The van der Waals surface area contributed by atoms with E-state index >= 15 is 0 Å². The maximum atomic E-state index is 5.01. The predicted octanol–water partition coefficient (Wildman–Crippen LogP) is 8.98. The number of fused-ring (bicyclic) bond motifs is 3. The maximum Gasteiger partial charge on any atom is 0.145 e. The average Bonchev–Trinajstić information content (AvgIpc) is 3.32. The van der Waals surface area contributed by atoms with Crippen LogP contribution in [0.25, 0.3) is 39.2 Å². The van der Waals surface area contributed by atoms with E-state index in [1.807, 2.05) is 35.7 Å². The van der Waals surface area contributed by atoms with Crippen LogP contribution >= 0.6 is 23.5 Å². The quantitative estimate of drug-likeness (QED) is 0.249. The first-order chi connectivity index (χ1) is 17.3. The molecule has 0 radical (unpaired) electrons. The van der Waals surface area contributed by atoms with Gasteiger partial charge in [-0.2, -0.15) is 0 Å². The standard InChI is InChI=1S/C31H20N2S2/c1-2-9-23(10-3-1)33-26-13-5-4-12-25(26)32-31(33)22-19-17-21(18-20-22)24-11-8-16-29-30(24)35-28-15-7-6-14-27(28)34-29/h1-20H. The van der Waals surface area contributed by atoms with Crippen molar-refractivity contribution in [2.45, 2.75) is 19.6 Å². The Kier molecular flexibility index (Phi) is 5.00. The van der Waals surface area contributed by atoms with E-state index in [0.29, 0.717) is 0 Å². The predicted molar refractivity (Wildman–Crippen MR) is 147 cm³/mol. The van der Waals surface area contributed by atoms with Gasteiger partial charge in [-0.05, 0) is 53.6 Å². The molecule has 0 fully saturated rings. The van der Waals surface area contributed by atoms with Gasteiger partial charge in [-0.1, -0.05) is 102 Å². The molecule has 0 amide bonds. The molecule has 1 aromatic heterocycles. The van der Waals surface area contributed by atoms with Gasteiger partial charge in [0.05, 0.1) is 11.0 Å². The molecule has 6 aromatic rings. The summed E-state index contributed by atoms with van der Waals surface area (Å²) in [4.78, 5) is 10.3. The van der Waals surface area contributed by atoms with Gasteiger partial charge < -0.3 is 0 Å². The minimum atomic E-state index is 0.956. The molecular weight excluding hydrogens is 464 g/mol. The highest BCUT2D eigenvalue weighted by atomic mass is 32.2. The molecule has 0 N–H and O–H groups in total. The Morgan fingerprint density at radius 1 is 0.514 bits per heavy atom. The number of para-hydroxylation sites is 3. The van der Waals surface area contributed by atoms with Crippen molar-refractivity contribution in [3.8, 4) is 28.2 Å². The van der Waals surface area contributed by atoms with E-state index in [1.54, 1.807) is 0 Å². The summed E-state index contributed by atoms with van der Waals surface area (Å²) in [7, 11) is 0. The van der Waals surface area contributed by atoms with Crippen molar-refractivity contribution in [3.05, 3.63) is 121 Å². The SMILES string of the molecule is c1ccc(-n2c(-c3ccc(-c4cccc5c4Sc4ccccc4S5)cc3)nc3ccccc32)cc1. The molecular formula is C31H20N2S2. The minimum absolute atomic E-state index is 0.956. The smallest absolute Gasteiger partial charge is 0.145 e. The highest BCUT2D eigenvalue weighted by molar-refractivity contribution is 8.05. The van der Waals surface area contributed by atoms with Gasteiger partial charge in [0.1, 0.15) is 5.82 Å². The van der Waals surface area contributed by atoms with Gasteiger partial charge >= 0.3 is 0 Å². The molecule has 2 nitrogen and oxygen atoms in total. The molecule has 0 bridgehead atoms. The van der Waals surface area contributed by atoms with Crippen LogP contribution in [0.2, 0.25) is 0 Å². The third-order valence-corrected chi connectivity index (χ3v) is 8.90. The van der Waals surface area contributed by atoms with Crippen molar-refractivity contribution in [2.24, 2.45) is 0 Å². The Hall–Kier alpha value is -3.73. The Labute approximate surface area is 212 Å². The molecule has 0 atom stereocenters. The number of aromatic nitrogens is 2. The molecule has 0 spiro atoms. The van der Waals surface area contributed by atoms with Gasteiger partial charge in [0.2, 0.25) is 0 Å². The van der Waals surface area contributed by atoms with Crippen molar-refractivity contribution >= 4 is 34.6 Å². The summed E-state index contributed by atoms with van der Waals surface area (Å²) < 4.78 is 2.25. The molecule has 0 saturated heterocycles. The summed E-state index contributed by atoms with van der Waals surface area (Å²) in [6, 6.07) is 42.9. The van der Waals surface area contributed by atoms with Gasteiger partial charge in [0.25, 0.3) is 0 Å². The zero-order valence-corrected chi connectivity index (χ0v) is 20.4. The Bertz CT molecular complexity index is 1690. The monoisotopic (exact) mass is 484 g/mol. The molecule has 4 heteroatoms. The van der Waals surface area contributed by atoms with Gasteiger partial charge in [0, 0.05) is 30.8 Å². The topological polar surface area (TPSA) is 17.8 Å². The summed E-state index contributed by atoms with van der Waals surface area (Å²) in [6.07, 6.45) is 0. The van der Waals surface area contributed by atoms with E-state index in [1.165, 1.54) is 30.7 Å². The van der Waals surface area contributed by atoms with E-state index in [0.717, 1.165) is 28.1 Å². The number of rotatable bonds is 3. The third-order valence-electron chi connectivity index (χ3n) is 6.29. The lowest BCUT2D eigenvalue weighted by Gasteiger charge is -2.21. The van der Waals surface area contributed by atoms with Gasteiger partial charge in [-0.15, -0.1) is 0 Å². The molecule has 1 aliphatic heterocycles. The first-order valence-corrected chi connectivity index (χ1v) is 13.2. The molecule has 0 saturated carbocycles.